The van der Waals surface area contributed by atoms with E-state index >= 15 is 0 Å². The first-order chi connectivity index (χ1) is 17.1. The number of carboxylic acid groups (broad SMARTS) is 1. The molecule has 0 radical (unpaired) electrons. The van der Waals surface area contributed by atoms with Crippen molar-refractivity contribution in [3.05, 3.63) is 65.2 Å². The van der Waals surface area contributed by atoms with Crippen molar-refractivity contribution in [2.45, 2.75) is 25.3 Å². The highest BCUT2D eigenvalue weighted by atomic mass is 19.2. The standard InChI is InChI=1S/C24H22F4N2O6/c25-15-10-16(26)21(28)22(20(15)27)36-12-18(31)17(11-19(32)33)29-23(34)13-6-8-30(9-7-13)24(35)14-4-2-1-3-5-14/h1-5,10,13,17H,6-9,11-12H2,(H,29,34)(H,32,33)/t17-/m0/s1. The zero-order valence-corrected chi connectivity index (χ0v) is 18.8. The smallest absolute Gasteiger partial charge is 0.305 e. The average molecular weight is 510 g/mol. The topological polar surface area (TPSA) is 113 Å². The maximum absolute atomic E-state index is 13.7. The van der Waals surface area contributed by atoms with Gasteiger partial charge in [-0.25, -0.2) is 8.78 Å². The molecule has 1 heterocycles. The van der Waals surface area contributed by atoms with Crippen LogP contribution in [0.1, 0.15) is 29.6 Å². The average Bonchev–Trinajstić information content (AvgIpc) is 2.86. The van der Waals surface area contributed by atoms with E-state index in [1.165, 1.54) is 0 Å². The summed E-state index contributed by atoms with van der Waals surface area (Å²) in [7, 11) is 0. The molecule has 192 valence electrons. The van der Waals surface area contributed by atoms with Crippen LogP contribution in [0.3, 0.4) is 0 Å². The van der Waals surface area contributed by atoms with Gasteiger partial charge >= 0.3 is 5.97 Å². The van der Waals surface area contributed by atoms with Crippen molar-refractivity contribution in [2.75, 3.05) is 19.7 Å². The Morgan fingerprint density at radius 1 is 1.00 bits per heavy atom. The minimum atomic E-state index is -1.86. The van der Waals surface area contributed by atoms with Crippen LogP contribution < -0.4 is 10.1 Å². The minimum Gasteiger partial charge on any atom is -0.481 e. The van der Waals surface area contributed by atoms with Crippen molar-refractivity contribution in [1.82, 2.24) is 10.2 Å². The lowest BCUT2D eigenvalue weighted by Gasteiger charge is -2.32. The molecule has 0 aliphatic carbocycles. The summed E-state index contributed by atoms with van der Waals surface area (Å²) in [5.74, 6) is -12.7. The molecule has 1 aliphatic rings. The van der Waals surface area contributed by atoms with Crippen LogP contribution in [0, 0.1) is 29.2 Å². The van der Waals surface area contributed by atoms with Gasteiger partial charge in [-0.05, 0) is 25.0 Å². The molecular formula is C24H22F4N2O6. The molecule has 2 amide bonds. The van der Waals surface area contributed by atoms with Gasteiger partial charge in [-0.2, -0.15) is 8.78 Å². The number of nitrogens with one attached hydrogen (secondary N) is 1. The monoisotopic (exact) mass is 510 g/mol. The quantitative estimate of drug-likeness (QED) is 0.396. The van der Waals surface area contributed by atoms with E-state index in [0.29, 0.717) is 5.56 Å². The van der Waals surface area contributed by atoms with Crippen molar-refractivity contribution in [1.29, 1.82) is 0 Å². The van der Waals surface area contributed by atoms with E-state index in [1.807, 2.05) is 0 Å². The van der Waals surface area contributed by atoms with E-state index in [9.17, 15) is 36.7 Å². The van der Waals surface area contributed by atoms with Gasteiger partial charge in [0.2, 0.25) is 17.5 Å². The number of rotatable bonds is 9. The number of hydrogen-bond donors (Lipinski definition) is 2. The molecule has 1 aliphatic heterocycles. The van der Waals surface area contributed by atoms with Gasteiger partial charge in [0, 0.05) is 30.6 Å². The first-order valence-electron chi connectivity index (χ1n) is 10.9. The van der Waals surface area contributed by atoms with E-state index in [2.05, 4.69) is 10.1 Å². The summed E-state index contributed by atoms with van der Waals surface area (Å²) in [6, 6.07) is 6.91. The molecule has 3 rings (SSSR count). The Morgan fingerprint density at radius 2 is 1.58 bits per heavy atom. The molecule has 8 nitrogen and oxygen atoms in total. The Morgan fingerprint density at radius 3 is 2.14 bits per heavy atom. The lowest BCUT2D eigenvalue weighted by atomic mass is 9.94. The van der Waals surface area contributed by atoms with Crippen LogP contribution in [0.2, 0.25) is 0 Å². The van der Waals surface area contributed by atoms with Gasteiger partial charge in [0.05, 0.1) is 6.42 Å². The number of ether oxygens (including phenoxy) is 1. The second-order valence-electron chi connectivity index (χ2n) is 8.14. The second-order valence-corrected chi connectivity index (χ2v) is 8.14. The Bertz CT molecular complexity index is 1130. The Hall–Kier alpha value is -3.96. The molecule has 1 fully saturated rings. The highest BCUT2D eigenvalue weighted by molar-refractivity contribution is 5.95. The summed E-state index contributed by atoms with van der Waals surface area (Å²) in [6.45, 7) is -0.634. The third-order valence-corrected chi connectivity index (χ3v) is 5.69. The number of Topliss-reactive ketones (excluding diaryl/α,β-unsaturated/α-hetero) is 1. The fourth-order valence-electron chi connectivity index (χ4n) is 3.74. The Balaban J connectivity index is 1.59. The predicted molar refractivity (Wildman–Crippen MR) is 116 cm³/mol. The molecule has 0 spiro atoms. The number of carboxylic acids is 1. The number of piperidine rings is 1. The molecule has 36 heavy (non-hydrogen) atoms. The number of halogens is 4. The number of carbonyl (C=O) groups is 4. The lowest BCUT2D eigenvalue weighted by molar-refractivity contribution is -0.141. The summed E-state index contributed by atoms with van der Waals surface area (Å²) in [6.07, 6.45) is -0.344. The molecule has 2 aromatic carbocycles. The molecule has 0 bridgehead atoms. The fraction of sp³-hybridized carbons (Fsp3) is 0.333. The Labute approximate surface area is 202 Å². The third kappa shape index (κ3) is 6.37. The van der Waals surface area contributed by atoms with E-state index in [0.717, 1.165) is 0 Å². The molecule has 12 heteroatoms. The SMILES string of the molecule is O=C(O)C[C@H](NC(=O)C1CCN(C(=O)c2ccccc2)CC1)C(=O)COc1c(F)c(F)cc(F)c1F. The number of likely N-dealkylation sites (tertiary alicyclic amines) is 1. The van der Waals surface area contributed by atoms with Gasteiger partial charge in [0.1, 0.15) is 12.6 Å². The second kappa shape index (κ2) is 11.6. The van der Waals surface area contributed by atoms with E-state index in [-0.39, 0.29) is 37.9 Å². The van der Waals surface area contributed by atoms with Crippen LogP contribution in [0.25, 0.3) is 0 Å². The zero-order chi connectivity index (χ0) is 26.4. The van der Waals surface area contributed by atoms with E-state index in [1.54, 1.807) is 35.2 Å². The minimum absolute atomic E-state index is 0.0362. The number of ketones is 1. The van der Waals surface area contributed by atoms with E-state index < -0.39 is 71.7 Å². The van der Waals surface area contributed by atoms with Crippen LogP contribution in [-0.4, -0.2) is 59.3 Å². The number of aliphatic carboxylic acids is 1. The first-order valence-corrected chi connectivity index (χ1v) is 10.9. The van der Waals surface area contributed by atoms with Crippen LogP contribution in [-0.2, 0) is 14.4 Å². The van der Waals surface area contributed by atoms with Gasteiger partial charge in [-0.3, -0.25) is 19.2 Å². The summed E-state index contributed by atoms with van der Waals surface area (Å²) < 4.78 is 58.7. The van der Waals surface area contributed by atoms with Crippen LogP contribution in [0.5, 0.6) is 5.75 Å². The number of carbonyl (C=O) groups excluding carboxylic acids is 3. The molecule has 2 aromatic rings. The maximum atomic E-state index is 13.7. The van der Waals surface area contributed by atoms with Crippen molar-refractivity contribution in [2.24, 2.45) is 5.92 Å². The van der Waals surface area contributed by atoms with Gasteiger partial charge in [0.25, 0.3) is 5.91 Å². The zero-order valence-electron chi connectivity index (χ0n) is 18.8. The van der Waals surface area contributed by atoms with Crippen LogP contribution in [0.4, 0.5) is 17.6 Å². The predicted octanol–water partition coefficient (Wildman–Crippen LogP) is 2.70. The first kappa shape index (κ1) is 26.6. The van der Waals surface area contributed by atoms with Crippen molar-refractivity contribution in [3.8, 4) is 5.75 Å². The fourth-order valence-corrected chi connectivity index (χ4v) is 3.74. The highest BCUT2D eigenvalue weighted by Crippen LogP contribution is 2.26. The summed E-state index contributed by atoms with van der Waals surface area (Å²) in [5, 5.41) is 11.4. The number of benzene rings is 2. The molecule has 1 saturated heterocycles. The van der Waals surface area contributed by atoms with Crippen molar-refractivity contribution < 1.29 is 46.6 Å². The molecule has 0 unspecified atom stereocenters. The molecule has 0 aromatic heterocycles. The van der Waals surface area contributed by atoms with Crippen molar-refractivity contribution in [3.63, 3.8) is 0 Å². The molecular weight excluding hydrogens is 488 g/mol. The number of hydrogen-bond acceptors (Lipinski definition) is 5. The summed E-state index contributed by atoms with van der Waals surface area (Å²) >= 11 is 0. The van der Waals surface area contributed by atoms with Gasteiger partial charge in [-0.15, -0.1) is 0 Å². The van der Waals surface area contributed by atoms with E-state index in [4.69, 9.17) is 5.11 Å². The normalized spacial score (nSPS) is 14.7. The molecule has 0 saturated carbocycles. The van der Waals surface area contributed by atoms with Crippen LogP contribution >= 0.6 is 0 Å². The number of amides is 2. The van der Waals surface area contributed by atoms with Crippen LogP contribution in [0.15, 0.2) is 36.4 Å². The van der Waals surface area contributed by atoms with Gasteiger partial charge in [-0.1, -0.05) is 18.2 Å². The molecule has 2 N–H and O–H groups in total. The lowest BCUT2D eigenvalue weighted by Crippen LogP contribution is -2.49. The third-order valence-electron chi connectivity index (χ3n) is 5.69. The summed E-state index contributed by atoms with van der Waals surface area (Å²) in [4.78, 5) is 50.5. The van der Waals surface area contributed by atoms with Gasteiger partial charge < -0.3 is 20.1 Å². The maximum Gasteiger partial charge on any atom is 0.305 e. The number of nitrogens with zero attached hydrogens (tertiary/aromatic N) is 1. The van der Waals surface area contributed by atoms with Gasteiger partial charge in [0.15, 0.2) is 23.2 Å². The highest BCUT2D eigenvalue weighted by Gasteiger charge is 2.32. The Kier molecular flexibility index (Phi) is 8.62. The largest absolute Gasteiger partial charge is 0.481 e. The molecule has 1 atom stereocenters. The van der Waals surface area contributed by atoms with Crippen molar-refractivity contribution >= 4 is 23.6 Å². The summed E-state index contributed by atoms with van der Waals surface area (Å²) in [5.41, 5.74) is 0.499.